The van der Waals surface area contributed by atoms with Gasteiger partial charge in [0.25, 0.3) is 0 Å². The van der Waals surface area contributed by atoms with Gasteiger partial charge in [-0.3, -0.25) is 4.79 Å². The van der Waals surface area contributed by atoms with Crippen molar-refractivity contribution < 1.29 is 14.3 Å². The number of rotatable bonds is 3. The number of para-hydroxylation sites is 1. The van der Waals surface area contributed by atoms with Crippen LogP contribution in [0, 0.1) is 12.8 Å². The molecule has 1 heterocycles. The largest absolute Gasteiger partial charge is 0.453 e. The van der Waals surface area contributed by atoms with Gasteiger partial charge in [-0.05, 0) is 36.8 Å². The Morgan fingerprint density at radius 1 is 1.26 bits per heavy atom. The fourth-order valence-corrected chi connectivity index (χ4v) is 3.02. The van der Waals surface area contributed by atoms with Crippen molar-refractivity contribution >= 4 is 17.7 Å². The number of ether oxygens (including phenoxy) is 1. The Kier molecular flexibility index (Phi) is 5.64. The quantitative estimate of drug-likeness (QED) is 0.927. The van der Waals surface area contributed by atoms with Crippen LogP contribution in [-0.2, 0) is 9.53 Å². The van der Waals surface area contributed by atoms with E-state index >= 15 is 0 Å². The van der Waals surface area contributed by atoms with Gasteiger partial charge in [0.2, 0.25) is 5.91 Å². The lowest BCUT2D eigenvalue weighted by Gasteiger charge is -2.30. The van der Waals surface area contributed by atoms with E-state index in [2.05, 4.69) is 25.2 Å². The minimum Gasteiger partial charge on any atom is -0.453 e. The summed E-state index contributed by atoms with van der Waals surface area (Å²) in [7, 11) is 1.38. The van der Waals surface area contributed by atoms with Crippen LogP contribution in [-0.4, -0.2) is 37.1 Å². The van der Waals surface area contributed by atoms with E-state index in [0.717, 1.165) is 16.8 Å². The number of amides is 2. The minimum atomic E-state index is -0.315. The zero-order chi connectivity index (χ0) is 17.0. The number of hydrogen-bond acceptors (Lipinski definition) is 3. The van der Waals surface area contributed by atoms with Gasteiger partial charge in [-0.25, -0.2) is 4.79 Å². The van der Waals surface area contributed by atoms with Crippen molar-refractivity contribution in [2.24, 2.45) is 5.92 Å². The summed E-state index contributed by atoms with van der Waals surface area (Å²) < 4.78 is 4.73. The molecule has 1 aromatic carbocycles. The second kappa shape index (κ2) is 7.49. The van der Waals surface area contributed by atoms with Gasteiger partial charge in [0.1, 0.15) is 0 Å². The normalized spacial score (nSPS) is 15.6. The van der Waals surface area contributed by atoms with Gasteiger partial charge >= 0.3 is 6.09 Å². The molecule has 5 nitrogen and oxygen atoms in total. The third-order valence-corrected chi connectivity index (χ3v) is 4.47. The highest BCUT2D eigenvalue weighted by Gasteiger charge is 2.28. The number of carbonyl (C=O) groups excluding carboxylic acids is 2. The highest BCUT2D eigenvalue weighted by molar-refractivity contribution is 5.94. The van der Waals surface area contributed by atoms with Crippen LogP contribution in [0.4, 0.5) is 10.5 Å². The number of nitrogens with one attached hydrogen (secondary N) is 1. The smallest absolute Gasteiger partial charge is 0.409 e. The molecular weight excluding hydrogens is 292 g/mol. The van der Waals surface area contributed by atoms with Gasteiger partial charge in [0, 0.05) is 24.7 Å². The molecule has 0 atom stereocenters. The van der Waals surface area contributed by atoms with Crippen LogP contribution < -0.4 is 5.32 Å². The molecule has 5 heteroatoms. The van der Waals surface area contributed by atoms with E-state index in [1.165, 1.54) is 7.11 Å². The van der Waals surface area contributed by atoms with Crippen LogP contribution in [0.2, 0.25) is 0 Å². The molecule has 23 heavy (non-hydrogen) atoms. The molecule has 2 amide bonds. The molecular formula is C18H26N2O3. The van der Waals surface area contributed by atoms with E-state index in [1.54, 1.807) is 4.90 Å². The Morgan fingerprint density at radius 3 is 2.48 bits per heavy atom. The second-order valence-electron chi connectivity index (χ2n) is 6.41. The summed E-state index contributed by atoms with van der Waals surface area (Å²) in [5.41, 5.74) is 3.17. The number of benzene rings is 1. The van der Waals surface area contributed by atoms with Gasteiger partial charge in [-0.2, -0.15) is 0 Å². The molecule has 126 valence electrons. The second-order valence-corrected chi connectivity index (χ2v) is 6.41. The van der Waals surface area contributed by atoms with Crippen LogP contribution in [0.15, 0.2) is 18.2 Å². The van der Waals surface area contributed by atoms with Crippen molar-refractivity contribution in [1.29, 1.82) is 0 Å². The molecule has 1 aromatic rings. The summed E-state index contributed by atoms with van der Waals surface area (Å²) >= 11 is 0. The fourth-order valence-electron chi connectivity index (χ4n) is 3.02. The zero-order valence-electron chi connectivity index (χ0n) is 14.4. The fraction of sp³-hybridized carbons (Fsp3) is 0.556. The molecule has 0 aromatic heterocycles. The molecule has 0 bridgehead atoms. The summed E-state index contributed by atoms with van der Waals surface area (Å²) in [6.07, 6.45) is 1.03. The first kappa shape index (κ1) is 17.3. The molecule has 1 N–H and O–H groups in total. The average Bonchev–Trinajstić information content (AvgIpc) is 2.55. The minimum absolute atomic E-state index is 0.0470. The van der Waals surface area contributed by atoms with Crippen molar-refractivity contribution in [3.05, 3.63) is 29.3 Å². The molecule has 0 aliphatic carbocycles. The molecule has 0 unspecified atom stereocenters. The number of hydrogen-bond donors (Lipinski definition) is 1. The predicted octanol–water partition coefficient (Wildman–Crippen LogP) is 3.54. The van der Waals surface area contributed by atoms with Crippen LogP contribution in [0.25, 0.3) is 0 Å². The first-order valence-corrected chi connectivity index (χ1v) is 8.17. The maximum Gasteiger partial charge on any atom is 0.409 e. The number of likely N-dealkylation sites (tertiary alicyclic amines) is 1. The number of piperidine rings is 1. The lowest BCUT2D eigenvalue weighted by atomic mass is 9.94. The molecule has 0 spiro atoms. The third-order valence-electron chi connectivity index (χ3n) is 4.47. The van der Waals surface area contributed by atoms with Crippen LogP contribution in [0.3, 0.4) is 0 Å². The first-order valence-electron chi connectivity index (χ1n) is 8.17. The molecule has 0 saturated carbocycles. The molecule has 1 fully saturated rings. The van der Waals surface area contributed by atoms with Gasteiger partial charge in [0.15, 0.2) is 0 Å². The number of anilines is 1. The number of aryl methyl sites for hydroxylation is 1. The monoisotopic (exact) mass is 318 g/mol. The van der Waals surface area contributed by atoms with Crippen LogP contribution in [0.5, 0.6) is 0 Å². The molecule has 1 saturated heterocycles. The lowest BCUT2D eigenvalue weighted by Crippen LogP contribution is -2.41. The Balaban J connectivity index is 2.03. The highest BCUT2D eigenvalue weighted by Crippen LogP contribution is 2.29. The van der Waals surface area contributed by atoms with Crippen molar-refractivity contribution in [1.82, 2.24) is 4.90 Å². The Morgan fingerprint density at radius 2 is 1.91 bits per heavy atom. The Labute approximate surface area is 138 Å². The van der Waals surface area contributed by atoms with E-state index in [4.69, 9.17) is 4.74 Å². The standard InChI is InChI=1S/C18H26N2O3/c1-12(2)15-7-5-6-13(3)16(15)19-17(21)14-8-10-20(11-9-14)18(22)23-4/h5-7,12,14H,8-11H2,1-4H3,(H,19,21). The van der Waals surface area contributed by atoms with E-state index < -0.39 is 0 Å². The van der Waals surface area contributed by atoms with Crippen molar-refractivity contribution in [3.8, 4) is 0 Å². The van der Waals surface area contributed by atoms with Gasteiger partial charge in [0.05, 0.1) is 7.11 Å². The SMILES string of the molecule is COC(=O)N1CCC(C(=O)Nc2c(C)cccc2C(C)C)CC1. The molecule has 2 rings (SSSR count). The number of methoxy groups -OCH3 is 1. The topological polar surface area (TPSA) is 58.6 Å². The summed E-state index contributed by atoms with van der Waals surface area (Å²) in [6.45, 7) is 7.39. The van der Waals surface area contributed by atoms with E-state index in [-0.39, 0.29) is 17.9 Å². The van der Waals surface area contributed by atoms with Gasteiger partial charge in [-0.1, -0.05) is 32.0 Å². The number of nitrogens with zero attached hydrogens (tertiary/aromatic N) is 1. The van der Waals surface area contributed by atoms with Crippen molar-refractivity contribution in [2.45, 2.75) is 39.5 Å². The highest BCUT2D eigenvalue weighted by atomic mass is 16.5. The summed E-state index contributed by atoms with van der Waals surface area (Å²) in [5, 5.41) is 3.11. The maximum absolute atomic E-state index is 12.6. The Hall–Kier alpha value is -2.04. The molecule has 1 aliphatic heterocycles. The van der Waals surface area contributed by atoms with Crippen LogP contribution >= 0.6 is 0 Å². The van der Waals surface area contributed by atoms with Crippen LogP contribution in [0.1, 0.15) is 43.7 Å². The predicted molar refractivity (Wildman–Crippen MR) is 90.6 cm³/mol. The van der Waals surface area contributed by atoms with Crippen molar-refractivity contribution in [2.75, 3.05) is 25.5 Å². The average molecular weight is 318 g/mol. The van der Waals surface area contributed by atoms with Crippen molar-refractivity contribution in [3.63, 3.8) is 0 Å². The zero-order valence-corrected chi connectivity index (χ0v) is 14.4. The van der Waals surface area contributed by atoms with Gasteiger partial charge < -0.3 is 15.0 Å². The third kappa shape index (κ3) is 4.03. The molecule has 1 aliphatic rings. The van der Waals surface area contributed by atoms with E-state index in [1.807, 2.05) is 19.1 Å². The van der Waals surface area contributed by atoms with Gasteiger partial charge in [-0.15, -0.1) is 0 Å². The number of carbonyl (C=O) groups is 2. The summed E-state index contributed by atoms with van der Waals surface area (Å²) in [4.78, 5) is 25.7. The summed E-state index contributed by atoms with van der Waals surface area (Å²) in [5.74, 6) is 0.340. The maximum atomic E-state index is 12.6. The first-order chi connectivity index (χ1) is 10.9. The lowest BCUT2D eigenvalue weighted by molar-refractivity contribution is -0.121. The molecule has 0 radical (unpaired) electrons. The summed E-state index contributed by atoms with van der Waals surface area (Å²) in [6, 6.07) is 6.10. The Bertz CT molecular complexity index is 576. The van der Waals surface area contributed by atoms with E-state index in [0.29, 0.717) is 31.8 Å². The van der Waals surface area contributed by atoms with E-state index in [9.17, 15) is 9.59 Å².